The van der Waals surface area contributed by atoms with Crippen LogP contribution in [-0.4, -0.2) is 90.1 Å². The molecule has 1 aliphatic heterocycles. The molecule has 0 saturated carbocycles. The number of nitrogens with one attached hydrogen (secondary N) is 2. The monoisotopic (exact) mass is 942 g/mol. The topological polar surface area (TPSA) is 199 Å². The molecule has 4 heterocycles. The predicted molar refractivity (Wildman–Crippen MR) is 255 cm³/mol. The third-order valence-corrected chi connectivity index (χ3v) is 12.3. The minimum atomic E-state index is -0.689. The maximum Gasteiger partial charge on any atom is 0.289 e. The zero-order chi connectivity index (χ0) is 47.5. The third-order valence-electron chi connectivity index (χ3n) is 11.6. The van der Waals surface area contributed by atoms with Gasteiger partial charge >= 0.3 is 0 Å². The van der Waals surface area contributed by atoms with Crippen LogP contribution in [0.1, 0.15) is 105 Å². The normalized spacial score (nSPS) is 15.5. The average Bonchev–Trinajstić information content (AvgIpc) is 3.97. The number of carbonyl (C=O) groups is 2. The number of anilines is 1. The number of nitrogens with zero attached hydrogens (tertiary/aromatic N) is 7. The molecule has 350 valence electrons. The molecular formula is C48H57Cl2FN10O5. The third kappa shape index (κ3) is 11.7. The summed E-state index contributed by atoms with van der Waals surface area (Å²) in [6.45, 7) is 14.1. The van der Waals surface area contributed by atoms with Gasteiger partial charge in [0, 0.05) is 72.0 Å². The largest absolute Gasteiger partial charge is 0.508 e. The fraction of sp³-hybridized carbons (Fsp3) is 0.375. The summed E-state index contributed by atoms with van der Waals surface area (Å²) in [6, 6.07) is 15.7. The molecule has 0 radical (unpaired) electrons. The number of benzene rings is 3. The van der Waals surface area contributed by atoms with E-state index in [2.05, 4.69) is 42.8 Å². The smallest absolute Gasteiger partial charge is 0.289 e. The molecule has 3 aromatic heterocycles. The predicted octanol–water partition coefficient (Wildman–Crippen LogP) is 9.06. The number of phenols is 2. The quantitative estimate of drug-likeness (QED) is 0.0731. The number of hydrogen-bond acceptors (Lipinski definition) is 12. The summed E-state index contributed by atoms with van der Waals surface area (Å²) in [5, 5.41) is 41.4. The number of phenolic OH excluding ortho intramolecular Hbond substituents is 2. The van der Waals surface area contributed by atoms with Crippen molar-refractivity contribution in [3.8, 4) is 45.5 Å². The first kappa shape index (κ1) is 49.4. The second-order valence-corrected chi connectivity index (χ2v) is 17.2. The Kier molecular flexibility index (Phi) is 17.1. The van der Waals surface area contributed by atoms with Crippen molar-refractivity contribution < 1.29 is 28.9 Å². The molecule has 0 bridgehead atoms. The molecule has 2 atom stereocenters. The van der Waals surface area contributed by atoms with E-state index in [-0.39, 0.29) is 46.0 Å². The first-order chi connectivity index (χ1) is 31.8. The van der Waals surface area contributed by atoms with Gasteiger partial charge in [0.25, 0.3) is 5.91 Å². The van der Waals surface area contributed by atoms with Gasteiger partial charge in [-0.1, -0.05) is 62.0 Å². The number of aromatic hydroxyl groups is 2. The van der Waals surface area contributed by atoms with Crippen molar-refractivity contribution in [1.29, 1.82) is 0 Å². The van der Waals surface area contributed by atoms with Gasteiger partial charge in [0.05, 0.1) is 22.8 Å². The van der Waals surface area contributed by atoms with Gasteiger partial charge in [0.2, 0.25) is 5.82 Å². The standard InChI is InChI=1S/C47H55Cl2FN10O4.CH2O/c1-5-53-47(63)46-57-56-45(36-22-35(28(2)3)39(61)23-40(36)62)60(46)34-12-10-30(11-13-34)26-58-19-8-6-7-9-33(16-17-52-18-20-58)59-27-32(25-55-59)31-21-41(44(51)54-24-31)64-29(4)42-37(48)14-15-38(50)43(42)49;1-2/h10-15,21-25,27-29,33,52,61-62H,5-9,16-20,26H2,1-4H3,(H2,51,54)(H,53,63);1H2/t29-,33?;/m1./s1. The second kappa shape index (κ2) is 22.9. The Morgan fingerprint density at radius 2 is 1.74 bits per heavy atom. The first-order valence-corrected chi connectivity index (χ1v) is 22.8. The molecule has 1 saturated heterocycles. The van der Waals surface area contributed by atoms with Crippen molar-refractivity contribution in [3.63, 3.8) is 0 Å². The number of aromatic nitrogens is 6. The summed E-state index contributed by atoms with van der Waals surface area (Å²) in [5.74, 6) is -0.242. The number of amides is 1. The fourth-order valence-corrected chi connectivity index (χ4v) is 8.77. The van der Waals surface area contributed by atoms with Gasteiger partial charge in [-0.25, -0.2) is 9.37 Å². The minimum absolute atomic E-state index is 0.00800. The Labute approximate surface area is 394 Å². The van der Waals surface area contributed by atoms with Crippen LogP contribution < -0.4 is 21.1 Å². The van der Waals surface area contributed by atoms with Crippen LogP contribution in [0.4, 0.5) is 10.2 Å². The van der Waals surface area contributed by atoms with E-state index in [1.165, 1.54) is 18.2 Å². The highest BCUT2D eigenvalue weighted by atomic mass is 35.5. The lowest BCUT2D eigenvalue weighted by atomic mass is 9.98. The average molecular weight is 944 g/mol. The van der Waals surface area contributed by atoms with Crippen LogP contribution in [-0.2, 0) is 11.3 Å². The van der Waals surface area contributed by atoms with Crippen LogP contribution in [0, 0.1) is 5.82 Å². The SMILES string of the molecule is C=O.CCNC(=O)c1nnc(-c2cc(C(C)C)c(O)cc2O)n1-c1ccc(CN2CCCCCC(n3cc(-c4cnc(N)c(O[C@H](C)c5c(Cl)ccc(F)c5Cl)c4)cn3)CCNCC2)cc1. The lowest BCUT2D eigenvalue weighted by Gasteiger charge is -2.25. The summed E-state index contributed by atoms with van der Waals surface area (Å²) in [5.41, 5.74) is 11.0. The Morgan fingerprint density at radius 3 is 2.48 bits per heavy atom. The van der Waals surface area contributed by atoms with Crippen molar-refractivity contribution in [2.24, 2.45) is 0 Å². The van der Waals surface area contributed by atoms with E-state index in [0.29, 0.717) is 45.5 Å². The van der Waals surface area contributed by atoms with Crippen molar-refractivity contribution in [3.05, 3.63) is 112 Å². The Bertz CT molecular complexity index is 2570. The number of carbonyl (C=O) groups excluding carboxylic acids is 2. The molecule has 1 amide bonds. The van der Waals surface area contributed by atoms with Crippen LogP contribution in [0.15, 0.2) is 73.2 Å². The van der Waals surface area contributed by atoms with Crippen LogP contribution >= 0.6 is 23.2 Å². The van der Waals surface area contributed by atoms with Crippen molar-refractivity contribution in [2.75, 3.05) is 38.5 Å². The van der Waals surface area contributed by atoms with E-state index in [4.69, 9.17) is 43.6 Å². The van der Waals surface area contributed by atoms with Gasteiger partial charge in [-0.3, -0.25) is 18.9 Å². The van der Waals surface area contributed by atoms with Crippen LogP contribution in [0.2, 0.25) is 10.0 Å². The summed E-state index contributed by atoms with van der Waals surface area (Å²) < 4.78 is 24.1. The highest BCUT2D eigenvalue weighted by Crippen LogP contribution is 2.39. The molecule has 3 aromatic carbocycles. The molecule has 0 spiro atoms. The lowest BCUT2D eigenvalue weighted by Crippen LogP contribution is -2.34. The van der Waals surface area contributed by atoms with Gasteiger partial charge in [-0.15, -0.1) is 10.2 Å². The Morgan fingerprint density at radius 1 is 0.970 bits per heavy atom. The molecule has 66 heavy (non-hydrogen) atoms. The number of pyridine rings is 1. The number of hydrogen-bond donors (Lipinski definition) is 5. The van der Waals surface area contributed by atoms with E-state index in [0.717, 1.165) is 81.5 Å². The van der Waals surface area contributed by atoms with E-state index in [1.54, 1.807) is 29.8 Å². The van der Waals surface area contributed by atoms with E-state index >= 15 is 0 Å². The Balaban J connectivity index is 0.00000355. The van der Waals surface area contributed by atoms with Gasteiger partial charge < -0.3 is 36.1 Å². The maximum absolute atomic E-state index is 14.2. The molecule has 6 N–H and O–H groups in total. The summed E-state index contributed by atoms with van der Waals surface area (Å²) in [4.78, 5) is 28.0. The molecule has 15 nitrogen and oxygen atoms in total. The molecule has 6 aromatic rings. The summed E-state index contributed by atoms with van der Waals surface area (Å²) >= 11 is 12.6. The Hall–Kier alpha value is -6.07. The zero-order valence-corrected chi connectivity index (χ0v) is 39.1. The van der Waals surface area contributed by atoms with E-state index in [9.17, 15) is 19.4 Å². The van der Waals surface area contributed by atoms with Gasteiger partial charge in [0.15, 0.2) is 17.4 Å². The molecular weight excluding hydrogens is 886 g/mol. The zero-order valence-electron chi connectivity index (χ0n) is 37.6. The number of halogens is 3. The molecule has 1 aliphatic rings. The van der Waals surface area contributed by atoms with E-state index in [1.807, 2.05) is 56.8 Å². The van der Waals surface area contributed by atoms with Gasteiger partial charge in [-0.2, -0.15) is 5.10 Å². The van der Waals surface area contributed by atoms with Crippen LogP contribution in [0.25, 0.3) is 28.2 Å². The second-order valence-electron chi connectivity index (χ2n) is 16.4. The molecule has 1 unspecified atom stereocenters. The lowest BCUT2D eigenvalue weighted by molar-refractivity contribution is -0.0980. The fourth-order valence-electron chi connectivity index (χ4n) is 8.09. The highest BCUT2D eigenvalue weighted by molar-refractivity contribution is 6.36. The summed E-state index contributed by atoms with van der Waals surface area (Å²) in [6.07, 6.45) is 9.93. The van der Waals surface area contributed by atoms with Crippen molar-refractivity contribution in [2.45, 2.75) is 84.4 Å². The van der Waals surface area contributed by atoms with Crippen LogP contribution in [0.5, 0.6) is 17.2 Å². The molecule has 0 aliphatic carbocycles. The molecule has 18 heteroatoms. The summed E-state index contributed by atoms with van der Waals surface area (Å²) in [7, 11) is 0. The van der Waals surface area contributed by atoms with Crippen molar-refractivity contribution >= 4 is 41.7 Å². The van der Waals surface area contributed by atoms with Crippen molar-refractivity contribution in [1.82, 2.24) is 45.1 Å². The van der Waals surface area contributed by atoms with Gasteiger partial charge in [0.1, 0.15) is 30.2 Å². The number of rotatable bonds is 12. The molecule has 7 rings (SSSR count). The first-order valence-electron chi connectivity index (χ1n) is 22.0. The number of nitrogen functional groups attached to an aromatic ring is 1. The number of ether oxygens (including phenoxy) is 1. The minimum Gasteiger partial charge on any atom is -0.508 e. The molecule has 1 fully saturated rings. The van der Waals surface area contributed by atoms with Crippen LogP contribution in [0.3, 0.4) is 0 Å². The number of nitrogens with two attached hydrogens (primary N) is 1. The maximum atomic E-state index is 14.2. The van der Waals surface area contributed by atoms with E-state index < -0.39 is 11.9 Å². The highest BCUT2D eigenvalue weighted by Gasteiger charge is 2.25. The van der Waals surface area contributed by atoms with Gasteiger partial charge in [-0.05, 0) is 99.6 Å².